The number of benzene rings is 2. The maximum Gasteiger partial charge on any atom is 0.344 e. The summed E-state index contributed by atoms with van der Waals surface area (Å²) in [6.45, 7) is 3.53. The third kappa shape index (κ3) is 3.05. The quantitative estimate of drug-likeness (QED) is 0.698. The standard InChI is InChI=1S/C19H16ClNO3/c1-11-5-3-4-6-14(11)17-10-21-18(20)16-9-13(7-8-15(16)17)24-12(2)19(22)23/h3-10,12H,1-2H3,(H,22,23). The van der Waals surface area contributed by atoms with Crippen LogP contribution in [0.2, 0.25) is 5.15 Å². The Labute approximate surface area is 144 Å². The van der Waals surface area contributed by atoms with E-state index < -0.39 is 12.1 Å². The highest BCUT2D eigenvalue weighted by atomic mass is 35.5. The van der Waals surface area contributed by atoms with Crippen LogP contribution in [0.5, 0.6) is 5.75 Å². The number of aromatic nitrogens is 1. The average molecular weight is 342 g/mol. The van der Waals surface area contributed by atoms with Crippen molar-refractivity contribution in [2.24, 2.45) is 0 Å². The molecule has 0 radical (unpaired) electrons. The van der Waals surface area contributed by atoms with Crippen LogP contribution in [0.4, 0.5) is 0 Å². The maximum atomic E-state index is 10.9. The molecule has 0 fully saturated rings. The first-order valence-corrected chi connectivity index (χ1v) is 7.89. The summed E-state index contributed by atoms with van der Waals surface area (Å²) in [4.78, 5) is 15.2. The molecule has 0 aliphatic rings. The number of aryl methyl sites for hydroxylation is 1. The molecule has 0 spiro atoms. The first-order valence-electron chi connectivity index (χ1n) is 7.51. The highest BCUT2D eigenvalue weighted by Crippen LogP contribution is 2.35. The van der Waals surface area contributed by atoms with Gasteiger partial charge in [-0.05, 0) is 48.6 Å². The number of hydrogen-bond donors (Lipinski definition) is 1. The van der Waals surface area contributed by atoms with Gasteiger partial charge in [-0.3, -0.25) is 0 Å². The van der Waals surface area contributed by atoms with Crippen molar-refractivity contribution in [2.75, 3.05) is 0 Å². The number of halogens is 1. The lowest BCUT2D eigenvalue weighted by Crippen LogP contribution is -2.22. The molecule has 1 heterocycles. The van der Waals surface area contributed by atoms with Crippen LogP contribution in [0, 0.1) is 6.92 Å². The molecule has 1 unspecified atom stereocenters. The lowest BCUT2D eigenvalue weighted by molar-refractivity contribution is -0.144. The second-order valence-corrected chi connectivity index (χ2v) is 5.94. The molecule has 0 saturated heterocycles. The van der Waals surface area contributed by atoms with Gasteiger partial charge in [0.15, 0.2) is 6.10 Å². The summed E-state index contributed by atoms with van der Waals surface area (Å²) in [6, 6.07) is 13.4. The molecule has 0 bridgehead atoms. The van der Waals surface area contributed by atoms with Crippen molar-refractivity contribution in [1.82, 2.24) is 4.98 Å². The van der Waals surface area contributed by atoms with Crippen LogP contribution in [-0.4, -0.2) is 22.2 Å². The molecule has 1 aromatic heterocycles. The van der Waals surface area contributed by atoms with Crippen LogP contribution in [0.1, 0.15) is 12.5 Å². The van der Waals surface area contributed by atoms with Gasteiger partial charge in [-0.25, -0.2) is 9.78 Å². The monoisotopic (exact) mass is 341 g/mol. The number of nitrogens with zero attached hydrogens (tertiary/aromatic N) is 1. The SMILES string of the molecule is Cc1ccccc1-c1cnc(Cl)c2cc(OC(C)C(=O)O)ccc12. The summed E-state index contributed by atoms with van der Waals surface area (Å²) < 4.78 is 5.42. The molecule has 3 aromatic rings. The molecule has 122 valence electrons. The molecule has 0 aliphatic carbocycles. The Morgan fingerprint density at radius 2 is 1.92 bits per heavy atom. The molecular weight excluding hydrogens is 326 g/mol. The molecule has 24 heavy (non-hydrogen) atoms. The van der Waals surface area contributed by atoms with E-state index in [0.29, 0.717) is 10.9 Å². The zero-order valence-electron chi connectivity index (χ0n) is 13.3. The molecule has 0 amide bonds. The van der Waals surface area contributed by atoms with Gasteiger partial charge in [0.2, 0.25) is 0 Å². The maximum absolute atomic E-state index is 10.9. The Kier molecular flexibility index (Phi) is 4.40. The minimum atomic E-state index is -1.02. The largest absolute Gasteiger partial charge is 0.479 e. The Morgan fingerprint density at radius 1 is 1.17 bits per heavy atom. The minimum absolute atomic E-state index is 0.357. The number of hydrogen-bond acceptors (Lipinski definition) is 3. The van der Waals surface area contributed by atoms with E-state index in [1.54, 1.807) is 18.3 Å². The number of carbonyl (C=O) groups is 1. The van der Waals surface area contributed by atoms with Crippen molar-refractivity contribution in [3.05, 3.63) is 59.4 Å². The fourth-order valence-electron chi connectivity index (χ4n) is 2.61. The summed E-state index contributed by atoms with van der Waals surface area (Å²) in [6.07, 6.45) is 0.821. The van der Waals surface area contributed by atoms with Gasteiger partial charge in [0.25, 0.3) is 0 Å². The number of pyridine rings is 1. The van der Waals surface area contributed by atoms with Crippen LogP contribution in [-0.2, 0) is 4.79 Å². The van der Waals surface area contributed by atoms with Gasteiger partial charge in [0.1, 0.15) is 10.9 Å². The van der Waals surface area contributed by atoms with E-state index in [2.05, 4.69) is 4.98 Å². The van der Waals surface area contributed by atoms with Crippen LogP contribution in [0.25, 0.3) is 21.9 Å². The van der Waals surface area contributed by atoms with Crippen LogP contribution in [0.3, 0.4) is 0 Å². The van der Waals surface area contributed by atoms with Crippen molar-refractivity contribution >= 4 is 28.3 Å². The second-order valence-electron chi connectivity index (χ2n) is 5.58. The normalized spacial score (nSPS) is 12.1. The first kappa shape index (κ1) is 16.3. The molecule has 4 nitrogen and oxygen atoms in total. The highest BCUT2D eigenvalue weighted by molar-refractivity contribution is 6.34. The van der Waals surface area contributed by atoms with Gasteiger partial charge in [-0.1, -0.05) is 35.9 Å². The van der Waals surface area contributed by atoms with E-state index in [4.69, 9.17) is 21.4 Å². The van der Waals surface area contributed by atoms with Gasteiger partial charge in [-0.2, -0.15) is 0 Å². The summed E-state index contributed by atoms with van der Waals surface area (Å²) in [5, 5.41) is 11.0. The third-order valence-corrected chi connectivity index (χ3v) is 4.21. The summed E-state index contributed by atoms with van der Waals surface area (Å²) in [5.41, 5.74) is 3.20. The first-order chi connectivity index (χ1) is 11.5. The molecule has 1 atom stereocenters. The van der Waals surface area contributed by atoms with E-state index in [1.807, 2.05) is 37.3 Å². The lowest BCUT2D eigenvalue weighted by Gasteiger charge is -2.14. The molecule has 0 aliphatic heterocycles. The predicted octanol–water partition coefficient (Wildman–Crippen LogP) is 4.72. The summed E-state index contributed by atoms with van der Waals surface area (Å²) in [5.74, 6) is -0.573. The van der Waals surface area contributed by atoms with E-state index in [9.17, 15) is 4.79 Å². The zero-order valence-corrected chi connectivity index (χ0v) is 14.0. The molecular formula is C19H16ClNO3. The van der Waals surface area contributed by atoms with Gasteiger partial charge >= 0.3 is 5.97 Å². The Bertz CT molecular complexity index is 924. The molecule has 2 aromatic carbocycles. The number of rotatable bonds is 4. The van der Waals surface area contributed by atoms with E-state index in [1.165, 1.54) is 6.92 Å². The van der Waals surface area contributed by atoms with Gasteiger partial charge in [0, 0.05) is 17.1 Å². The van der Waals surface area contributed by atoms with Crippen LogP contribution < -0.4 is 4.74 Å². The number of fused-ring (bicyclic) bond motifs is 1. The zero-order chi connectivity index (χ0) is 17.3. The summed E-state index contributed by atoms with van der Waals surface area (Å²) in [7, 11) is 0. The van der Waals surface area contributed by atoms with Crippen molar-refractivity contribution in [3.8, 4) is 16.9 Å². The summed E-state index contributed by atoms with van der Waals surface area (Å²) >= 11 is 6.24. The van der Waals surface area contributed by atoms with Crippen LogP contribution in [0.15, 0.2) is 48.7 Å². The van der Waals surface area contributed by atoms with E-state index in [0.717, 1.165) is 27.5 Å². The molecule has 1 N–H and O–H groups in total. The Balaban J connectivity index is 2.13. The number of ether oxygens (including phenoxy) is 1. The number of carboxylic acids is 1. The topological polar surface area (TPSA) is 59.4 Å². The minimum Gasteiger partial charge on any atom is -0.479 e. The number of aliphatic carboxylic acids is 1. The molecule has 5 heteroatoms. The molecule has 0 saturated carbocycles. The fraction of sp³-hybridized carbons (Fsp3) is 0.158. The van der Waals surface area contributed by atoms with Gasteiger partial charge in [0.05, 0.1) is 0 Å². The smallest absolute Gasteiger partial charge is 0.344 e. The lowest BCUT2D eigenvalue weighted by atomic mass is 9.97. The average Bonchev–Trinajstić information content (AvgIpc) is 2.56. The third-order valence-electron chi connectivity index (χ3n) is 3.91. The van der Waals surface area contributed by atoms with Crippen LogP contribution >= 0.6 is 11.6 Å². The molecule has 3 rings (SSSR count). The number of carboxylic acid groups (broad SMARTS) is 1. The predicted molar refractivity (Wildman–Crippen MR) is 94.7 cm³/mol. The van der Waals surface area contributed by atoms with E-state index in [-0.39, 0.29) is 0 Å². The Hall–Kier alpha value is -2.59. The fourth-order valence-corrected chi connectivity index (χ4v) is 2.81. The van der Waals surface area contributed by atoms with Crippen molar-refractivity contribution < 1.29 is 14.6 Å². The van der Waals surface area contributed by atoms with E-state index >= 15 is 0 Å². The van der Waals surface area contributed by atoms with Crippen molar-refractivity contribution in [3.63, 3.8) is 0 Å². The van der Waals surface area contributed by atoms with Crippen molar-refractivity contribution in [2.45, 2.75) is 20.0 Å². The second kappa shape index (κ2) is 6.49. The van der Waals surface area contributed by atoms with Gasteiger partial charge in [-0.15, -0.1) is 0 Å². The van der Waals surface area contributed by atoms with Gasteiger partial charge < -0.3 is 9.84 Å². The highest BCUT2D eigenvalue weighted by Gasteiger charge is 2.15. The Morgan fingerprint density at radius 3 is 2.62 bits per heavy atom. The van der Waals surface area contributed by atoms with Crippen molar-refractivity contribution in [1.29, 1.82) is 0 Å².